The number of thiazole rings is 1. The number of hydrogen-bond donors (Lipinski definition) is 2. The van der Waals surface area contributed by atoms with Gasteiger partial charge < -0.3 is 0 Å². The van der Waals surface area contributed by atoms with Crippen LogP contribution in [0.4, 0.5) is 5.13 Å². The third kappa shape index (κ3) is 3.78. The standard InChI is InChI=1S/C16H15N3OS2/c1-11-7-8-13-14(9-11)22-16(17-13)19-18-15(20)10-21-12-5-3-2-4-6-12/h2-9H,10H2,1H3,(H,17,19)(H,18,20). The molecule has 1 aromatic heterocycles. The molecule has 0 fully saturated rings. The number of benzene rings is 2. The molecule has 0 spiro atoms. The fraction of sp³-hybridized carbons (Fsp3) is 0.125. The smallest absolute Gasteiger partial charge is 0.248 e. The van der Waals surface area contributed by atoms with Crippen molar-refractivity contribution >= 4 is 44.4 Å². The van der Waals surface area contributed by atoms with Crippen molar-refractivity contribution < 1.29 is 4.79 Å². The van der Waals surface area contributed by atoms with Gasteiger partial charge in [-0.1, -0.05) is 35.6 Å². The molecule has 0 saturated carbocycles. The van der Waals surface area contributed by atoms with Crippen LogP contribution in [0.2, 0.25) is 0 Å². The Kier molecular flexibility index (Phi) is 4.60. The zero-order valence-corrected chi connectivity index (χ0v) is 13.6. The van der Waals surface area contributed by atoms with Crippen molar-refractivity contribution in [3.8, 4) is 0 Å². The Balaban J connectivity index is 1.53. The van der Waals surface area contributed by atoms with E-state index < -0.39 is 0 Å². The van der Waals surface area contributed by atoms with Crippen LogP contribution in [0.25, 0.3) is 10.2 Å². The summed E-state index contributed by atoms with van der Waals surface area (Å²) in [6, 6.07) is 16.0. The van der Waals surface area contributed by atoms with E-state index in [0.29, 0.717) is 10.9 Å². The molecule has 22 heavy (non-hydrogen) atoms. The third-order valence-electron chi connectivity index (χ3n) is 2.97. The molecule has 0 atom stereocenters. The first-order valence-electron chi connectivity index (χ1n) is 6.80. The number of amides is 1. The Morgan fingerprint density at radius 1 is 1.23 bits per heavy atom. The predicted molar refractivity (Wildman–Crippen MR) is 93.3 cm³/mol. The van der Waals surface area contributed by atoms with Gasteiger partial charge in [0, 0.05) is 4.90 Å². The van der Waals surface area contributed by atoms with Gasteiger partial charge in [-0.2, -0.15) is 0 Å². The first kappa shape index (κ1) is 14.9. The Labute approximate surface area is 136 Å². The van der Waals surface area contributed by atoms with E-state index in [-0.39, 0.29) is 5.91 Å². The molecule has 6 heteroatoms. The molecular formula is C16H15N3OS2. The molecule has 1 heterocycles. The Bertz CT molecular complexity index is 786. The average molecular weight is 329 g/mol. The van der Waals surface area contributed by atoms with Crippen LogP contribution >= 0.6 is 23.1 Å². The summed E-state index contributed by atoms with van der Waals surface area (Å²) in [6.45, 7) is 2.05. The minimum atomic E-state index is -0.0794. The minimum Gasteiger partial charge on any atom is -0.273 e. The number of nitrogens with zero attached hydrogens (tertiary/aromatic N) is 1. The quantitative estimate of drug-likeness (QED) is 0.551. The molecule has 0 aliphatic rings. The van der Waals surface area contributed by atoms with Crippen molar-refractivity contribution in [2.24, 2.45) is 0 Å². The second-order valence-electron chi connectivity index (χ2n) is 4.77. The number of anilines is 1. The first-order chi connectivity index (χ1) is 10.7. The number of thioether (sulfide) groups is 1. The van der Waals surface area contributed by atoms with Gasteiger partial charge in [0.15, 0.2) is 0 Å². The molecule has 0 aliphatic heterocycles. The van der Waals surface area contributed by atoms with Crippen LogP contribution in [0.5, 0.6) is 0 Å². The molecule has 2 aromatic carbocycles. The SMILES string of the molecule is Cc1ccc2nc(NNC(=O)CSc3ccccc3)sc2c1. The summed E-state index contributed by atoms with van der Waals surface area (Å²) < 4.78 is 1.11. The topological polar surface area (TPSA) is 54.0 Å². The molecular weight excluding hydrogens is 314 g/mol. The Morgan fingerprint density at radius 3 is 2.86 bits per heavy atom. The van der Waals surface area contributed by atoms with Crippen molar-refractivity contribution in [1.29, 1.82) is 0 Å². The zero-order valence-electron chi connectivity index (χ0n) is 12.0. The van der Waals surface area contributed by atoms with Crippen LogP contribution in [0.15, 0.2) is 53.4 Å². The zero-order chi connectivity index (χ0) is 15.4. The lowest BCUT2D eigenvalue weighted by Crippen LogP contribution is -2.30. The van der Waals surface area contributed by atoms with E-state index in [1.807, 2.05) is 42.5 Å². The fourth-order valence-corrected chi connectivity index (χ4v) is 3.55. The average Bonchev–Trinajstić information content (AvgIpc) is 2.94. The summed E-state index contributed by atoms with van der Waals surface area (Å²) >= 11 is 3.03. The molecule has 1 amide bonds. The third-order valence-corrected chi connectivity index (χ3v) is 4.91. The highest BCUT2D eigenvalue weighted by Crippen LogP contribution is 2.26. The van der Waals surface area contributed by atoms with E-state index in [0.717, 1.165) is 15.1 Å². The summed E-state index contributed by atoms with van der Waals surface area (Å²) in [6.07, 6.45) is 0. The van der Waals surface area contributed by atoms with E-state index in [9.17, 15) is 4.79 Å². The number of aromatic nitrogens is 1. The molecule has 0 bridgehead atoms. The lowest BCUT2D eigenvalue weighted by molar-refractivity contribution is -0.118. The summed E-state index contributed by atoms with van der Waals surface area (Å²) in [5.41, 5.74) is 7.70. The van der Waals surface area contributed by atoms with Gasteiger partial charge >= 0.3 is 0 Å². The lowest BCUT2D eigenvalue weighted by atomic mass is 10.2. The van der Waals surface area contributed by atoms with Crippen molar-refractivity contribution in [2.75, 3.05) is 11.2 Å². The highest BCUT2D eigenvalue weighted by atomic mass is 32.2. The molecule has 112 valence electrons. The van der Waals surface area contributed by atoms with Gasteiger partial charge in [-0.05, 0) is 36.8 Å². The van der Waals surface area contributed by atoms with E-state index in [4.69, 9.17) is 0 Å². The van der Waals surface area contributed by atoms with Crippen LogP contribution in [-0.4, -0.2) is 16.6 Å². The number of carbonyl (C=O) groups is 1. The highest BCUT2D eigenvalue weighted by Gasteiger charge is 2.06. The molecule has 4 nitrogen and oxygen atoms in total. The maximum Gasteiger partial charge on any atom is 0.248 e. The first-order valence-corrected chi connectivity index (χ1v) is 8.61. The lowest BCUT2D eigenvalue weighted by Gasteiger charge is -2.05. The summed E-state index contributed by atoms with van der Waals surface area (Å²) in [4.78, 5) is 17.3. The maximum absolute atomic E-state index is 11.8. The number of hydrazine groups is 1. The van der Waals surface area contributed by atoms with Crippen molar-refractivity contribution in [3.05, 3.63) is 54.1 Å². The van der Waals surface area contributed by atoms with E-state index in [2.05, 4.69) is 28.8 Å². The van der Waals surface area contributed by atoms with Gasteiger partial charge in [0.25, 0.3) is 0 Å². The van der Waals surface area contributed by atoms with Crippen LogP contribution in [0.3, 0.4) is 0 Å². The Hall–Kier alpha value is -2.05. The fourth-order valence-electron chi connectivity index (χ4n) is 1.91. The van der Waals surface area contributed by atoms with E-state index in [1.165, 1.54) is 28.7 Å². The van der Waals surface area contributed by atoms with Gasteiger partial charge in [0.05, 0.1) is 16.0 Å². The van der Waals surface area contributed by atoms with Crippen LogP contribution < -0.4 is 10.9 Å². The summed E-state index contributed by atoms with van der Waals surface area (Å²) in [5, 5.41) is 0.693. The maximum atomic E-state index is 11.8. The van der Waals surface area contributed by atoms with Gasteiger partial charge in [0.1, 0.15) is 0 Å². The second kappa shape index (κ2) is 6.81. The van der Waals surface area contributed by atoms with Gasteiger partial charge in [-0.15, -0.1) is 11.8 Å². The normalized spacial score (nSPS) is 10.6. The molecule has 0 unspecified atom stereocenters. The van der Waals surface area contributed by atoms with Gasteiger partial charge in [-0.25, -0.2) is 4.98 Å². The molecule has 3 rings (SSSR count). The summed E-state index contributed by atoms with van der Waals surface area (Å²) in [5.74, 6) is 0.283. The molecule has 3 aromatic rings. The number of rotatable bonds is 5. The van der Waals surface area contributed by atoms with Crippen molar-refractivity contribution in [2.45, 2.75) is 11.8 Å². The van der Waals surface area contributed by atoms with Crippen LogP contribution in [-0.2, 0) is 4.79 Å². The molecule has 2 N–H and O–H groups in total. The number of aryl methyl sites for hydroxylation is 1. The summed E-state index contributed by atoms with van der Waals surface area (Å²) in [7, 11) is 0. The number of carbonyl (C=O) groups excluding carboxylic acids is 1. The van der Waals surface area contributed by atoms with Gasteiger partial charge in [0.2, 0.25) is 11.0 Å². The van der Waals surface area contributed by atoms with E-state index in [1.54, 1.807) is 0 Å². The number of nitrogens with one attached hydrogen (secondary N) is 2. The van der Waals surface area contributed by atoms with E-state index >= 15 is 0 Å². The van der Waals surface area contributed by atoms with Crippen molar-refractivity contribution in [1.82, 2.24) is 10.4 Å². The number of fused-ring (bicyclic) bond motifs is 1. The molecule has 0 saturated heterocycles. The van der Waals surface area contributed by atoms with Crippen LogP contribution in [0.1, 0.15) is 5.56 Å². The second-order valence-corrected chi connectivity index (χ2v) is 6.84. The van der Waals surface area contributed by atoms with Crippen molar-refractivity contribution in [3.63, 3.8) is 0 Å². The number of hydrogen-bond acceptors (Lipinski definition) is 5. The Morgan fingerprint density at radius 2 is 2.05 bits per heavy atom. The van der Waals surface area contributed by atoms with Gasteiger partial charge in [-0.3, -0.25) is 15.6 Å². The largest absolute Gasteiger partial charge is 0.273 e. The molecule has 0 radical (unpaired) electrons. The minimum absolute atomic E-state index is 0.0794. The van der Waals surface area contributed by atoms with Crippen LogP contribution in [0, 0.1) is 6.92 Å². The highest BCUT2D eigenvalue weighted by molar-refractivity contribution is 8.00. The molecule has 0 aliphatic carbocycles. The predicted octanol–water partition coefficient (Wildman–Crippen LogP) is 3.84. The monoisotopic (exact) mass is 329 g/mol.